The highest BCUT2D eigenvalue weighted by Gasteiger charge is 2.49. The Bertz CT molecular complexity index is 310. The number of carbonyl (C=O) groups is 2. The van der Waals surface area contributed by atoms with Crippen LogP contribution in [0.5, 0.6) is 0 Å². The predicted octanol–water partition coefficient (Wildman–Crippen LogP) is 0.592. The van der Waals surface area contributed by atoms with Crippen LogP contribution < -0.4 is 0 Å². The minimum Gasteiger partial charge on any atom is -0.481 e. The Morgan fingerprint density at radius 2 is 1.94 bits per heavy atom. The van der Waals surface area contributed by atoms with Crippen molar-refractivity contribution in [3.8, 4) is 0 Å². The summed E-state index contributed by atoms with van der Waals surface area (Å²) < 4.78 is 5.10. The van der Waals surface area contributed by atoms with Gasteiger partial charge in [0.2, 0.25) is 5.91 Å². The zero-order valence-electron chi connectivity index (χ0n) is 10.1. The first kappa shape index (κ1) is 12.4. The monoisotopic (exact) mass is 241 g/mol. The first-order valence-electron chi connectivity index (χ1n) is 6.14. The van der Waals surface area contributed by atoms with Gasteiger partial charge in [-0.3, -0.25) is 9.59 Å². The molecule has 1 amide bonds. The molecule has 0 aromatic carbocycles. The smallest absolute Gasteiger partial charge is 0.307 e. The number of carboxylic acids is 1. The van der Waals surface area contributed by atoms with E-state index in [-0.39, 0.29) is 11.8 Å². The summed E-state index contributed by atoms with van der Waals surface area (Å²) in [6, 6.07) is 0. The lowest BCUT2D eigenvalue weighted by Crippen LogP contribution is -2.40. The summed E-state index contributed by atoms with van der Waals surface area (Å²) in [6.07, 6.45) is 2.44. The fourth-order valence-electron chi connectivity index (χ4n) is 2.53. The summed E-state index contributed by atoms with van der Waals surface area (Å²) in [5.74, 6) is -0.949. The third kappa shape index (κ3) is 2.77. The van der Waals surface area contributed by atoms with Gasteiger partial charge in [0, 0.05) is 26.8 Å². The van der Waals surface area contributed by atoms with Crippen molar-refractivity contribution < 1.29 is 19.4 Å². The summed E-state index contributed by atoms with van der Waals surface area (Å²) in [6.45, 7) is 2.24. The van der Waals surface area contributed by atoms with Gasteiger partial charge in [0.1, 0.15) is 0 Å². The molecule has 1 heterocycles. The summed E-state index contributed by atoms with van der Waals surface area (Å²) in [4.78, 5) is 24.5. The molecule has 2 rings (SSSR count). The molecule has 17 heavy (non-hydrogen) atoms. The molecule has 2 atom stereocenters. The van der Waals surface area contributed by atoms with Crippen molar-refractivity contribution in [2.24, 2.45) is 17.8 Å². The maximum Gasteiger partial charge on any atom is 0.307 e. The van der Waals surface area contributed by atoms with Crippen LogP contribution in [-0.2, 0) is 14.3 Å². The minimum atomic E-state index is -0.836. The van der Waals surface area contributed by atoms with Crippen molar-refractivity contribution in [3.63, 3.8) is 0 Å². The summed E-state index contributed by atoms with van der Waals surface area (Å²) in [5, 5.41) is 8.80. The van der Waals surface area contributed by atoms with Crippen LogP contribution in [0.4, 0.5) is 0 Å². The van der Waals surface area contributed by atoms with Gasteiger partial charge in [-0.05, 0) is 25.2 Å². The van der Waals surface area contributed by atoms with Crippen molar-refractivity contribution in [1.29, 1.82) is 0 Å². The maximum absolute atomic E-state index is 12.0. The first-order valence-corrected chi connectivity index (χ1v) is 6.14. The molecule has 5 nitrogen and oxygen atoms in total. The van der Waals surface area contributed by atoms with Crippen LogP contribution in [0.1, 0.15) is 19.3 Å². The lowest BCUT2D eigenvalue weighted by Gasteiger charge is -2.31. The Balaban J connectivity index is 1.78. The number of nitrogens with zero attached hydrogens (tertiary/aromatic N) is 1. The number of hydrogen-bond donors (Lipinski definition) is 1. The molecule has 0 spiro atoms. The molecule has 96 valence electrons. The average Bonchev–Trinajstić information content (AvgIpc) is 3.09. The molecule has 0 aromatic heterocycles. The summed E-state index contributed by atoms with van der Waals surface area (Å²) >= 11 is 0. The van der Waals surface area contributed by atoms with E-state index in [0.717, 1.165) is 32.5 Å². The Hall–Kier alpha value is -1.10. The number of aliphatic carboxylic acids is 1. The average molecular weight is 241 g/mol. The second kappa shape index (κ2) is 5.04. The van der Waals surface area contributed by atoms with E-state index < -0.39 is 11.9 Å². The third-order valence-corrected chi connectivity index (χ3v) is 3.75. The lowest BCUT2D eigenvalue weighted by molar-refractivity contribution is -0.142. The molecular weight excluding hydrogens is 222 g/mol. The Morgan fingerprint density at radius 3 is 2.41 bits per heavy atom. The maximum atomic E-state index is 12.0. The zero-order valence-corrected chi connectivity index (χ0v) is 10.1. The fraction of sp³-hybridized carbons (Fsp3) is 0.833. The SMILES string of the molecule is COCC1CCN(C(=O)C2CC2C(=O)O)CC1. The van der Waals surface area contributed by atoms with Crippen molar-refractivity contribution in [1.82, 2.24) is 4.90 Å². The van der Waals surface area contributed by atoms with Gasteiger partial charge in [0.15, 0.2) is 0 Å². The van der Waals surface area contributed by atoms with Gasteiger partial charge < -0.3 is 14.7 Å². The molecular formula is C12H19NO4. The van der Waals surface area contributed by atoms with Crippen molar-refractivity contribution in [3.05, 3.63) is 0 Å². The molecule has 5 heteroatoms. The molecule has 0 radical (unpaired) electrons. The zero-order chi connectivity index (χ0) is 12.4. The van der Waals surface area contributed by atoms with Crippen LogP contribution in [-0.4, -0.2) is 48.7 Å². The van der Waals surface area contributed by atoms with Crippen LogP contribution in [0, 0.1) is 17.8 Å². The third-order valence-electron chi connectivity index (χ3n) is 3.75. The highest BCUT2D eigenvalue weighted by molar-refractivity contribution is 5.89. The number of piperidine rings is 1. The molecule has 2 fully saturated rings. The number of carboxylic acid groups (broad SMARTS) is 1. The van der Waals surface area contributed by atoms with Crippen LogP contribution in [0.15, 0.2) is 0 Å². The van der Waals surface area contributed by atoms with Gasteiger partial charge in [-0.2, -0.15) is 0 Å². The minimum absolute atomic E-state index is 0.0354. The van der Waals surface area contributed by atoms with E-state index in [1.807, 2.05) is 4.90 Å². The summed E-state index contributed by atoms with van der Waals surface area (Å²) in [7, 11) is 1.69. The first-order chi connectivity index (χ1) is 8.13. The number of methoxy groups -OCH3 is 1. The predicted molar refractivity (Wildman–Crippen MR) is 60.4 cm³/mol. The van der Waals surface area contributed by atoms with E-state index in [1.54, 1.807) is 7.11 Å². The van der Waals surface area contributed by atoms with Crippen molar-refractivity contribution in [2.75, 3.05) is 26.8 Å². The van der Waals surface area contributed by atoms with Gasteiger partial charge >= 0.3 is 5.97 Å². The highest BCUT2D eigenvalue weighted by Crippen LogP contribution is 2.40. The molecule has 1 N–H and O–H groups in total. The number of amides is 1. The second-order valence-electron chi connectivity index (χ2n) is 5.01. The van der Waals surface area contributed by atoms with Gasteiger partial charge in [-0.1, -0.05) is 0 Å². The number of likely N-dealkylation sites (tertiary alicyclic amines) is 1. The molecule has 1 saturated heterocycles. The van der Waals surface area contributed by atoms with E-state index in [0.29, 0.717) is 12.3 Å². The highest BCUT2D eigenvalue weighted by atomic mass is 16.5. The van der Waals surface area contributed by atoms with E-state index in [2.05, 4.69) is 0 Å². The number of hydrogen-bond acceptors (Lipinski definition) is 3. The largest absolute Gasteiger partial charge is 0.481 e. The Labute approximate surface area is 101 Å². The lowest BCUT2D eigenvalue weighted by atomic mass is 9.97. The fourth-order valence-corrected chi connectivity index (χ4v) is 2.53. The quantitative estimate of drug-likeness (QED) is 0.782. The van der Waals surface area contributed by atoms with E-state index in [9.17, 15) is 9.59 Å². The normalized spacial score (nSPS) is 29.1. The van der Waals surface area contributed by atoms with E-state index in [1.165, 1.54) is 0 Å². The van der Waals surface area contributed by atoms with Crippen LogP contribution in [0.25, 0.3) is 0 Å². The molecule has 0 bridgehead atoms. The van der Waals surface area contributed by atoms with Gasteiger partial charge in [0.25, 0.3) is 0 Å². The number of ether oxygens (including phenoxy) is 1. The molecule has 1 aliphatic heterocycles. The molecule has 2 unspecified atom stereocenters. The number of carbonyl (C=O) groups excluding carboxylic acids is 1. The Morgan fingerprint density at radius 1 is 1.29 bits per heavy atom. The number of rotatable bonds is 4. The van der Waals surface area contributed by atoms with E-state index in [4.69, 9.17) is 9.84 Å². The van der Waals surface area contributed by atoms with Crippen molar-refractivity contribution >= 4 is 11.9 Å². The summed E-state index contributed by atoms with van der Waals surface area (Å²) in [5.41, 5.74) is 0. The van der Waals surface area contributed by atoms with Crippen LogP contribution >= 0.6 is 0 Å². The van der Waals surface area contributed by atoms with Crippen LogP contribution in [0.2, 0.25) is 0 Å². The molecule has 1 saturated carbocycles. The Kier molecular flexibility index (Phi) is 3.66. The molecule has 0 aromatic rings. The van der Waals surface area contributed by atoms with Gasteiger partial charge in [-0.15, -0.1) is 0 Å². The standard InChI is InChI=1S/C12H19NO4/c1-17-7-8-2-4-13(5-3-8)11(14)9-6-10(9)12(15)16/h8-10H,2-7H2,1H3,(H,15,16). The van der Waals surface area contributed by atoms with Crippen molar-refractivity contribution in [2.45, 2.75) is 19.3 Å². The van der Waals surface area contributed by atoms with E-state index >= 15 is 0 Å². The topological polar surface area (TPSA) is 66.8 Å². The molecule has 1 aliphatic carbocycles. The van der Waals surface area contributed by atoms with Gasteiger partial charge in [0.05, 0.1) is 11.8 Å². The molecule has 2 aliphatic rings. The second-order valence-corrected chi connectivity index (χ2v) is 5.01. The van der Waals surface area contributed by atoms with Crippen LogP contribution in [0.3, 0.4) is 0 Å². The van der Waals surface area contributed by atoms with Gasteiger partial charge in [-0.25, -0.2) is 0 Å².